The van der Waals surface area contributed by atoms with Crippen molar-refractivity contribution in [1.82, 2.24) is 10.2 Å². The van der Waals surface area contributed by atoms with E-state index in [2.05, 4.69) is 5.32 Å². The van der Waals surface area contributed by atoms with Gasteiger partial charge in [0.25, 0.3) is 0 Å². The van der Waals surface area contributed by atoms with Crippen molar-refractivity contribution in [2.75, 3.05) is 32.8 Å². The zero-order valence-corrected chi connectivity index (χ0v) is 10.9. The van der Waals surface area contributed by atoms with E-state index in [-0.39, 0.29) is 11.6 Å². The smallest absolute Gasteiger partial charge is 0.410 e. The van der Waals surface area contributed by atoms with E-state index in [9.17, 15) is 4.79 Å². The Balaban J connectivity index is 2.08. The van der Waals surface area contributed by atoms with E-state index >= 15 is 0 Å². The molecule has 17 heavy (non-hydrogen) atoms. The summed E-state index contributed by atoms with van der Waals surface area (Å²) < 4.78 is 10.9. The topological polar surface area (TPSA) is 50.8 Å². The molecule has 2 fully saturated rings. The van der Waals surface area contributed by atoms with Crippen LogP contribution in [0.3, 0.4) is 0 Å². The van der Waals surface area contributed by atoms with Gasteiger partial charge in [0.15, 0.2) is 0 Å². The lowest BCUT2D eigenvalue weighted by atomic mass is 9.94. The van der Waals surface area contributed by atoms with Gasteiger partial charge >= 0.3 is 6.09 Å². The van der Waals surface area contributed by atoms with E-state index in [4.69, 9.17) is 9.47 Å². The molecule has 2 saturated heterocycles. The molecule has 0 saturated carbocycles. The number of carbonyl (C=O) groups excluding carboxylic acids is 1. The van der Waals surface area contributed by atoms with Gasteiger partial charge in [-0.15, -0.1) is 0 Å². The number of hydrogen-bond donors (Lipinski definition) is 1. The van der Waals surface area contributed by atoms with E-state index in [1.54, 1.807) is 0 Å². The number of piperazine rings is 1. The molecule has 0 aromatic carbocycles. The molecule has 1 atom stereocenters. The third kappa shape index (κ3) is 2.72. The average molecular weight is 242 g/mol. The van der Waals surface area contributed by atoms with Crippen LogP contribution in [0.4, 0.5) is 4.79 Å². The Morgan fingerprint density at radius 2 is 2.24 bits per heavy atom. The van der Waals surface area contributed by atoms with Gasteiger partial charge in [-0.2, -0.15) is 0 Å². The predicted octanol–water partition coefficient (Wildman–Crippen LogP) is 0.986. The maximum Gasteiger partial charge on any atom is 0.410 e. The normalized spacial score (nSPS) is 29.7. The molecule has 2 aliphatic rings. The van der Waals surface area contributed by atoms with Crippen LogP contribution in [0.5, 0.6) is 0 Å². The van der Waals surface area contributed by atoms with Gasteiger partial charge in [0, 0.05) is 26.2 Å². The van der Waals surface area contributed by atoms with Crippen LogP contribution < -0.4 is 5.32 Å². The number of amides is 1. The first-order chi connectivity index (χ1) is 7.93. The minimum absolute atomic E-state index is 0.194. The van der Waals surface area contributed by atoms with Crippen LogP contribution >= 0.6 is 0 Å². The van der Waals surface area contributed by atoms with Crippen molar-refractivity contribution in [1.29, 1.82) is 0 Å². The Morgan fingerprint density at radius 3 is 2.82 bits per heavy atom. The van der Waals surface area contributed by atoms with Crippen LogP contribution in [0, 0.1) is 0 Å². The first-order valence-electron chi connectivity index (χ1n) is 6.22. The number of nitrogens with one attached hydrogen (secondary N) is 1. The molecular formula is C12H22N2O3. The van der Waals surface area contributed by atoms with Gasteiger partial charge in [0.05, 0.1) is 12.1 Å². The molecule has 0 radical (unpaired) electrons. The van der Waals surface area contributed by atoms with Crippen molar-refractivity contribution < 1.29 is 14.3 Å². The molecule has 98 valence electrons. The summed E-state index contributed by atoms with van der Waals surface area (Å²) in [6, 6.07) is 0. The fourth-order valence-corrected chi connectivity index (χ4v) is 2.40. The summed E-state index contributed by atoms with van der Waals surface area (Å²) in [6.45, 7) is 9.33. The van der Waals surface area contributed by atoms with Crippen molar-refractivity contribution in [2.24, 2.45) is 0 Å². The Morgan fingerprint density at radius 1 is 1.47 bits per heavy atom. The van der Waals surface area contributed by atoms with Gasteiger partial charge in [-0.3, -0.25) is 4.90 Å². The molecule has 1 spiro atoms. The highest BCUT2D eigenvalue weighted by atomic mass is 16.6. The summed E-state index contributed by atoms with van der Waals surface area (Å²) in [6.07, 6.45) is 0.670. The van der Waals surface area contributed by atoms with E-state index in [1.807, 2.05) is 25.7 Å². The molecule has 2 heterocycles. The van der Waals surface area contributed by atoms with Crippen LogP contribution in [0.15, 0.2) is 0 Å². The lowest BCUT2D eigenvalue weighted by Gasteiger charge is -2.44. The van der Waals surface area contributed by atoms with Crippen molar-refractivity contribution in [3.8, 4) is 0 Å². The largest absolute Gasteiger partial charge is 0.444 e. The predicted molar refractivity (Wildman–Crippen MR) is 64.0 cm³/mol. The summed E-state index contributed by atoms with van der Waals surface area (Å²) in [5, 5.41) is 3.34. The van der Waals surface area contributed by atoms with Gasteiger partial charge in [-0.05, 0) is 27.2 Å². The molecule has 0 aromatic heterocycles. The molecular weight excluding hydrogens is 220 g/mol. The molecule has 0 unspecified atom stereocenters. The maximum atomic E-state index is 12.2. The highest BCUT2D eigenvalue weighted by molar-refractivity contribution is 5.69. The number of ether oxygens (including phenoxy) is 2. The van der Waals surface area contributed by atoms with Gasteiger partial charge < -0.3 is 14.8 Å². The Bertz CT molecular complexity index is 293. The van der Waals surface area contributed by atoms with E-state index in [1.165, 1.54) is 0 Å². The summed E-state index contributed by atoms with van der Waals surface area (Å²) in [5.74, 6) is 0. The highest BCUT2D eigenvalue weighted by Crippen LogP contribution is 2.29. The summed E-state index contributed by atoms with van der Waals surface area (Å²) in [7, 11) is 0. The Labute approximate surface area is 102 Å². The lowest BCUT2D eigenvalue weighted by Crippen LogP contribution is -2.64. The number of nitrogens with zero attached hydrogens (tertiary/aromatic N) is 1. The molecule has 2 aliphatic heterocycles. The van der Waals surface area contributed by atoms with Crippen LogP contribution in [-0.4, -0.2) is 55.0 Å². The van der Waals surface area contributed by atoms with Crippen molar-refractivity contribution in [3.63, 3.8) is 0 Å². The SMILES string of the molecule is CC(C)(C)OC(=O)N1CCNC[C@@]12CCOC2. The Hall–Kier alpha value is -0.810. The fourth-order valence-electron chi connectivity index (χ4n) is 2.40. The van der Waals surface area contributed by atoms with E-state index in [0.717, 1.165) is 26.1 Å². The molecule has 1 amide bonds. The summed E-state index contributed by atoms with van der Waals surface area (Å²) in [4.78, 5) is 14.0. The molecule has 0 bridgehead atoms. The van der Waals surface area contributed by atoms with Crippen molar-refractivity contribution in [2.45, 2.75) is 38.3 Å². The minimum Gasteiger partial charge on any atom is -0.444 e. The van der Waals surface area contributed by atoms with Gasteiger partial charge in [-0.1, -0.05) is 0 Å². The molecule has 2 rings (SSSR count). The van der Waals surface area contributed by atoms with Crippen molar-refractivity contribution >= 4 is 6.09 Å². The second-order valence-electron chi connectivity index (χ2n) is 5.84. The number of rotatable bonds is 0. The minimum atomic E-state index is -0.442. The Kier molecular flexibility index (Phi) is 3.32. The molecule has 0 aromatic rings. The zero-order chi connectivity index (χ0) is 12.5. The molecule has 1 N–H and O–H groups in total. The lowest BCUT2D eigenvalue weighted by molar-refractivity contribution is -0.0138. The van der Waals surface area contributed by atoms with Crippen LogP contribution in [0.2, 0.25) is 0 Å². The van der Waals surface area contributed by atoms with Gasteiger partial charge in [0.1, 0.15) is 5.60 Å². The molecule has 5 nitrogen and oxygen atoms in total. The van der Waals surface area contributed by atoms with Crippen molar-refractivity contribution in [3.05, 3.63) is 0 Å². The fraction of sp³-hybridized carbons (Fsp3) is 0.917. The highest BCUT2D eigenvalue weighted by Gasteiger charge is 2.46. The van der Waals surface area contributed by atoms with Gasteiger partial charge in [0.2, 0.25) is 0 Å². The first kappa shape index (κ1) is 12.6. The molecule has 5 heteroatoms. The average Bonchev–Trinajstić information content (AvgIpc) is 2.65. The summed E-state index contributed by atoms with van der Waals surface area (Å²) in [5.41, 5.74) is -0.636. The monoisotopic (exact) mass is 242 g/mol. The third-order valence-electron chi connectivity index (χ3n) is 3.24. The van der Waals surface area contributed by atoms with Gasteiger partial charge in [-0.25, -0.2) is 4.79 Å². The molecule has 0 aliphatic carbocycles. The number of hydrogen-bond acceptors (Lipinski definition) is 4. The third-order valence-corrected chi connectivity index (χ3v) is 3.24. The zero-order valence-electron chi connectivity index (χ0n) is 10.9. The maximum absolute atomic E-state index is 12.2. The quantitative estimate of drug-likeness (QED) is 0.688. The van der Waals surface area contributed by atoms with E-state index < -0.39 is 5.60 Å². The van der Waals surface area contributed by atoms with Crippen LogP contribution in [0.25, 0.3) is 0 Å². The standard InChI is InChI=1S/C12H22N2O3/c1-11(2,3)17-10(15)14-6-5-13-8-12(14)4-7-16-9-12/h13H,4-9H2,1-3H3/t12-/m1/s1. The first-order valence-corrected chi connectivity index (χ1v) is 6.22. The van der Waals surface area contributed by atoms with Crippen LogP contribution in [-0.2, 0) is 9.47 Å². The summed E-state index contributed by atoms with van der Waals surface area (Å²) >= 11 is 0. The van der Waals surface area contributed by atoms with Crippen LogP contribution in [0.1, 0.15) is 27.2 Å². The second kappa shape index (κ2) is 4.46. The van der Waals surface area contributed by atoms with E-state index in [0.29, 0.717) is 13.2 Å². The second-order valence-corrected chi connectivity index (χ2v) is 5.84. The number of carbonyl (C=O) groups is 1.